The normalized spacial score (nSPS) is 10.9. The molecule has 1 heterocycles. The average molecular weight is 240 g/mol. The summed E-state index contributed by atoms with van der Waals surface area (Å²) in [5.41, 5.74) is 0.169. The molecule has 0 aliphatic rings. The summed E-state index contributed by atoms with van der Waals surface area (Å²) in [5.74, 6) is 0. The highest BCUT2D eigenvalue weighted by Gasteiger charge is 2.24. The molecule has 0 saturated carbocycles. The number of thiazole rings is 1. The zero-order valence-corrected chi connectivity index (χ0v) is 12.2. The molecule has 0 bridgehead atoms. The van der Waals surface area contributed by atoms with Crippen molar-refractivity contribution in [3.8, 4) is 0 Å². The van der Waals surface area contributed by atoms with Gasteiger partial charge in [0.1, 0.15) is 0 Å². The van der Waals surface area contributed by atoms with Crippen molar-refractivity contribution in [3.05, 3.63) is 28.7 Å². The second-order valence-corrected chi connectivity index (χ2v) is 6.04. The van der Waals surface area contributed by atoms with Crippen molar-refractivity contribution in [2.45, 2.75) is 33.1 Å². The van der Waals surface area contributed by atoms with Gasteiger partial charge in [0.05, 0.1) is 5.01 Å². The van der Waals surface area contributed by atoms with Gasteiger partial charge in [-0.05, 0) is 27.9 Å². The lowest BCUT2D eigenvalue weighted by molar-refractivity contribution is 0.315. The molecule has 3 heteroatoms. The Bertz CT molecular complexity index is 313. The number of aryl methyl sites for hydroxylation is 1. The molecule has 0 saturated heterocycles. The predicted molar refractivity (Wildman–Crippen MR) is 74.3 cm³/mol. The first-order chi connectivity index (χ1) is 7.33. The minimum absolute atomic E-state index is 0.169. The van der Waals surface area contributed by atoms with Gasteiger partial charge >= 0.3 is 0 Å². The summed E-state index contributed by atoms with van der Waals surface area (Å²) in [7, 11) is 4.20. The molecule has 2 nitrogen and oxygen atoms in total. The van der Waals surface area contributed by atoms with Crippen LogP contribution in [0.4, 0.5) is 0 Å². The van der Waals surface area contributed by atoms with Crippen LogP contribution < -0.4 is 0 Å². The van der Waals surface area contributed by atoms with Crippen LogP contribution in [0.3, 0.4) is 0 Å². The average Bonchev–Trinajstić information content (AvgIpc) is 2.51. The quantitative estimate of drug-likeness (QED) is 0.752. The summed E-state index contributed by atoms with van der Waals surface area (Å²) in [4.78, 5) is 7.93. The number of nitrogens with zero attached hydrogens (tertiary/aromatic N) is 2. The number of rotatable bonds is 3. The van der Waals surface area contributed by atoms with Crippen molar-refractivity contribution in [1.29, 1.82) is 0 Å². The molecule has 0 spiro atoms. The van der Waals surface area contributed by atoms with Gasteiger partial charge in [0.15, 0.2) is 0 Å². The molecular formula is C13H24N2S. The van der Waals surface area contributed by atoms with Gasteiger partial charge in [-0.1, -0.05) is 19.9 Å². The van der Waals surface area contributed by atoms with E-state index in [0.717, 1.165) is 6.54 Å². The zero-order valence-electron chi connectivity index (χ0n) is 11.4. The van der Waals surface area contributed by atoms with Crippen molar-refractivity contribution in [2.24, 2.45) is 0 Å². The summed E-state index contributed by atoms with van der Waals surface area (Å²) in [5, 5.41) is 1.23. The van der Waals surface area contributed by atoms with E-state index in [0.29, 0.717) is 0 Å². The molecule has 0 aromatic carbocycles. The van der Waals surface area contributed by atoms with Crippen molar-refractivity contribution in [3.63, 3.8) is 0 Å². The lowest BCUT2D eigenvalue weighted by Crippen LogP contribution is -2.31. The van der Waals surface area contributed by atoms with Crippen LogP contribution in [-0.2, 0) is 5.41 Å². The SMILES string of the molecule is C=CC.Cc1cnc(C(C)(C)CN(C)C)s1. The minimum Gasteiger partial charge on any atom is -0.308 e. The van der Waals surface area contributed by atoms with Gasteiger partial charge in [-0.2, -0.15) is 0 Å². The summed E-state index contributed by atoms with van der Waals surface area (Å²) < 4.78 is 0. The second kappa shape index (κ2) is 6.81. The van der Waals surface area contributed by atoms with Gasteiger partial charge in [0.25, 0.3) is 0 Å². The van der Waals surface area contributed by atoms with Gasteiger partial charge in [0.2, 0.25) is 0 Å². The molecule has 0 atom stereocenters. The predicted octanol–water partition coefficient (Wildman–Crippen LogP) is 3.48. The largest absolute Gasteiger partial charge is 0.308 e. The third-order valence-corrected chi connectivity index (χ3v) is 3.19. The van der Waals surface area contributed by atoms with Gasteiger partial charge < -0.3 is 4.90 Å². The van der Waals surface area contributed by atoms with Crippen molar-refractivity contribution in [1.82, 2.24) is 9.88 Å². The minimum atomic E-state index is 0.169. The number of hydrogen-bond acceptors (Lipinski definition) is 3. The second-order valence-electron chi connectivity index (χ2n) is 4.81. The molecule has 0 aliphatic heterocycles. The van der Waals surface area contributed by atoms with E-state index in [1.165, 1.54) is 9.88 Å². The Morgan fingerprint density at radius 2 is 2.00 bits per heavy atom. The van der Waals surface area contributed by atoms with Gasteiger partial charge in [0, 0.05) is 23.0 Å². The zero-order chi connectivity index (χ0) is 12.8. The molecule has 1 aromatic rings. The maximum Gasteiger partial charge on any atom is 0.0996 e. The molecule has 0 radical (unpaired) electrons. The van der Waals surface area contributed by atoms with E-state index in [1.54, 1.807) is 17.4 Å². The lowest BCUT2D eigenvalue weighted by Gasteiger charge is -2.25. The van der Waals surface area contributed by atoms with E-state index in [1.807, 2.05) is 13.1 Å². The fourth-order valence-electron chi connectivity index (χ4n) is 1.53. The molecule has 92 valence electrons. The first-order valence-electron chi connectivity index (χ1n) is 5.48. The van der Waals surface area contributed by atoms with Gasteiger partial charge in [-0.15, -0.1) is 17.9 Å². The summed E-state index contributed by atoms with van der Waals surface area (Å²) >= 11 is 1.80. The highest BCUT2D eigenvalue weighted by atomic mass is 32.1. The van der Waals surface area contributed by atoms with E-state index in [4.69, 9.17) is 0 Å². The van der Waals surface area contributed by atoms with Crippen LogP contribution in [0.1, 0.15) is 30.7 Å². The molecule has 1 aromatic heterocycles. The Hall–Kier alpha value is -0.670. The fourth-order valence-corrected chi connectivity index (χ4v) is 2.38. The van der Waals surface area contributed by atoms with E-state index >= 15 is 0 Å². The monoisotopic (exact) mass is 240 g/mol. The summed E-state index contributed by atoms with van der Waals surface area (Å²) in [6.45, 7) is 12.9. The van der Waals surface area contributed by atoms with E-state index < -0.39 is 0 Å². The lowest BCUT2D eigenvalue weighted by atomic mass is 9.94. The number of hydrogen-bond donors (Lipinski definition) is 0. The number of allylic oxidation sites excluding steroid dienone is 1. The molecule has 0 unspecified atom stereocenters. The Balaban J connectivity index is 0.000000673. The van der Waals surface area contributed by atoms with E-state index in [-0.39, 0.29) is 5.41 Å². The van der Waals surface area contributed by atoms with Crippen LogP contribution in [0, 0.1) is 6.92 Å². The van der Waals surface area contributed by atoms with Gasteiger partial charge in [-0.3, -0.25) is 0 Å². The molecular weight excluding hydrogens is 216 g/mol. The third-order valence-electron chi connectivity index (χ3n) is 1.91. The molecule has 0 aliphatic carbocycles. The highest BCUT2D eigenvalue weighted by Crippen LogP contribution is 2.27. The maximum absolute atomic E-state index is 4.43. The number of aromatic nitrogens is 1. The standard InChI is InChI=1S/C10H18N2S.C3H6/c1-8-6-11-9(13-8)10(2,3)7-12(4)5;1-3-2/h6H,7H2,1-5H3;3H,1H2,2H3. The van der Waals surface area contributed by atoms with Crippen molar-refractivity contribution in [2.75, 3.05) is 20.6 Å². The van der Waals surface area contributed by atoms with E-state index in [2.05, 4.69) is 51.3 Å². The fraction of sp³-hybridized carbons (Fsp3) is 0.615. The topological polar surface area (TPSA) is 16.1 Å². The molecule has 0 amide bonds. The molecule has 16 heavy (non-hydrogen) atoms. The highest BCUT2D eigenvalue weighted by molar-refractivity contribution is 7.11. The molecule has 0 N–H and O–H groups in total. The maximum atomic E-state index is 4.43. The Labute approximate surface area is 104 Å². The Morgan fingerprint density at radius 1 is 1.50 bits per heavy atom. The number of likely N-dealkylation sites (N-methyl/N-ethyl adjacent to an activating group) is 1. The third kappa shape index (κ3) is 5.42. The first-order valence-corrected chi connectivity index (χ1v) is 6.30. The molecule has 1 rings (SSSR count). The Kier molecular flexibility index (Phi) is 6.53. The van der Waals surface area contributed by atoms with Crippen LogP contribution in [0.15, 0.2) is 18.9 Å². The van der Waals surface area contributed by atoms with Crippen molar-refractivity contribution >= 4 is 11.3 Å². The first kappa shape index (κ1) is 15.3. The van der Waals surface area contributed by atoms with Gasteiger partial charge in [-0.25, -0.2) is 4.98 Å². The van der Waals surface area contributed by atoms with Crippen LogP contribution in [0.5, 0.6) is 0 Å². The van der Waals surface area contributed by atoms with Crippen LogP contribution in [0.25, 0.3) is 0 Å². The van der Waals surface area contributed by atoms with Crippen LogP contribution in [-0.4, -0.2) is 30.5 Å². The van der Waals surface area contributed by atoms with Crippen LogP contribution >= 0.6 is 11.3 Å². The summed E-state index contributed by atoms with van der Waals surface area (Å²) in [6, 6.07) is 0. The Morgan fingerprint density at radius 3 is 2.31 bits per heavy atom. The smallest absolute Gasteiger partial charge is 0.0996 e. The summed E-state index contributed by atoms with van der Waals surface area (Å²) in [6.07, 6.45) is 3.71. The van der Waals surface area contributed by atoms with E-state index in [9.17, 15) is 0 Å². The van der Waals surface area contributed by atoms with Crippen LogP contribution in [0.2, 0.25) is 0 Å². The van der Waals surface area contributed by atoms with Crippen molar-refractivity contribution < 1.29 is 0 Å². The molecule has 0 fully saturated rings.